The maximum absolute atomic E-state index is 12.6. The number of halogens is 1. The van der Waals surface area contributed by atoms with Crippen molar-refractivity contribution < 1.29 is 4.79 Å². The minimum Gasteiger partial charge on any atom is -0.309 e. The van der Waals surface area contributed by atoms with Gasteiger partial charge >= 0.3 is 0 Å². The quantitative estimate of drug-likeness (QED) is 0.416. The maximum Gasteiger partial charge on any atom is 0.230 e. The van der Waals surface area contributed by atoms with Gasteiger partial charge in [-0.25, -0.2) is 0 Å². The summed E-state index contributed by atoms with van der Waals surface area (Å²) in [6, 6.07) is 24.3. The molecule has 0 unspecified atom stereocenters. The van der Waals surface area contributed by atoms with E-state index in [2.05, 4.69) is 45.8 Å². The van der Waals surface area contributed by atoms with E-state index in [4.69, 9.17) is 11.6 Å². The molecule has 1 saturated carbocycles. The molecule has 5 heteroatoms. The van der Waals surface area contributed by atoms with Crippen LogP contribution in [0.1, 0.15) is 41.5 Å². The van der Waals surface area contributed by atoms with E-state index in [0.29, 0.717) is 24.1 Å². The fourth-order valence-electron chi connectivity index (χ4n) is 4.30. The predicted octanol–water partition coefficient (Wildman–Crippen LogP) is 6.06. The summed E-state index contributed by atoms with van der Waals surface area (Å²) in [7, 11) is 0. The molecule has 0 atom stereocenters. The number of nitrogens with one attached hydrogen (secondary N) is 2. The number of amides is 1. The largest absolute Gasteiger partial charge is 0.309 e. The summed E-state index contributed by atoms with van der Waals surface area (Å²) in [6.45, 7) is 0. The van der Waals surface area contributed by atoms with Gasteiger partial charge in [-0.3, -0.25) is 9.89 Å². The Kier molecular flexibility index (Phi) is 5.01. The number of hydrogen-bond acceptors (Lipinski definition) is 2. The van der Waals surface area contributed by atoms with Gasteiger partial charge < -0.3 is 5.32 Å². The molecule has 0 spiro atoms. The SMILES string of the molecule is O=C(Cc1cccc2ccccc12)Nc1cc(C2CC(c3ccc(Cl)cc3)C2)[nH]n1. The van der Waals surface area contributed by atoms with Crippen LogP contribution in [0.2, 0.25) is 5.02 Å². The fraction of sp³-hybridized carbons (Fsp3) is 0.200. The smallest absolute Gasteiger partial charge is 0.230 e. The number of fused-ring (bicyclic) bond motifs is 1. The zero-order valence-electron chi connectivity index (χ0n) is 16.4. The zero-order chi connectivity index (χ0) is 20.5. The van der Waals surface area contributed by atoms with Gasteiger partial charge in [0.1, 0.15) is 0 Å². The highest BCUT2D eigenvalue weighted by Gasteiger charge is 2.32. The molecule has 2 N–H and O–H groups in total. The van der Waals surface area contributed by atoms with E-state index in [0.717, 1.165) is 39.9 Å². The van der Waals surface area contributed by atoms with Crippen molar-refractivity contribution in [2.45, 2.75) is 31.1 Å². The van der Waals surface area contributed by atoms with Crippen molar-refractivity contribution in [1.29, 1.82) is 0 Å². The fourth-order valence-corrected chi connectivity index (χ4v) is 4.42. The molecule has 0 bridgehead atoms. The van der Waals surface area contributed by atoms with Crippen molar-refractivity contribution in [1.82, 2.24) is 10.2 Å². The molecule has 1 aromatic heterocycles. The van der Waals surface area contributed by atoms with Crippen LogP contribution in [0.25, 0.3) is 10.8 Å². The first kappa shape index (κ1) is 18.9. The van der Waals surface area contributed by atoms with Gasteiger partial charge in [0.2, 0.25) is 5.91 Å². The molecule has 1 amide bonds. The second-order valence-electron chi connectivity index (χ2n) is 7.99. The topological polar surface area (TPSA) is 57.8 Å². The number of anilines is 1. The summed E-state index contributed by atoms with van der Waals surface area (Å²) in [5.74, 6) is 1.53. The Bertz CT molecular complexity index is 1190. The number of rotatable bonds is 5. The third-order valence-electron chi connectivity index (χ3n) is 6.02. The summed E-state index contributed by atoms with van der Waals surface area (Å²) in [4.78, 5) is 12.6. The highest BCUT2D eigenvalue weighted by molar-refractivity contribution is 6.30. The van der Waals surface area contributed by atoms with Gasteiger partial charge in [-0.15, -0.1) is 0 Å². The molecule has 4 nitrogen and oxygen atoms in total. The molecule has 150 valence electrons. The Morgan fingerprint density at radius 3 is 2.60 bits per heavy atom. The van der Waals surface area contributed by atoms with Crippen molar-refractivity contribution in [2.24, 2.45) is 0 Å². The van der Waals surface area contributed by atoms with Crippen molar-refractivity contribution in [2.75, 3.05) is 5.32 Å². The van der Waals surface area contributed by atoms with Gasteiger partial charge in [-0.2, -0.15) is 5.10 Å². The number of carbonyl (C=O) groups excluding carboxylic acids is 1. The second kappa shape index (κ2) is 7.96. The van der Waals surface area contributed by atoms with Gasteiger partial charge in [-0.05, 0) is 52.8 Å². The normalized spacial score (nSPS) is 18.2. The predicted molar refractivity (Wildman–Crippen MR) is 121 cm³/mol. The Morgan fingerprint density at radius 2 is 1.77 bits per heavy atom. The minimum absolute atomic E-state index is 0.0583. The number of carbonyl (C=O) groups is 1. The van der Waals surface area contributed by atoms with Crippen LogP contribution in [0.4, 0.5) is 5.82 Å². The first-order valence-corrected chi connectivity index (χ1v) is 10.6. The van der Waals surface area contributed by atoms with Gasteiger partial charge in [0, 0.05) is 22.7 Å². The lowest BCUT2D eigenvalue weighted by Crippen LogP contribution is -2.20. The van der Waals surface area contributed by atoms with Gasteiger partial charge in [0.15, 0.2) is 5.82 Å². The van der Waals surface area contributed by atoms with Crippen LogP contribution in [0, 0.1) is 0 Å². The molecular weight excluding hydrogens is 394 g/mol. The van der Waals surface area contributed by atoms with Crippen LogP contribution in [0.5, 0.6) is 0 Å². The van der Waals surface area contributed by atoms with E-state index in [9.17, 15) is 4.79 Å². The van der Waals surface area contributed by atoms with E-state index in [1.54, 1.807) is 0 Å². The van der Waals surface area contributed by atoms with Crippen LogP contribution in [-0.2, 0) is 11.2 Å². The lowest BCUT2D eigenvalue weighted by atomic mass is 9.70. The number of nitrogens with zero attached hydrogens (tertiary/aromatic N) is 1. The van der Waals surface area contributed by atoms with Crippen LogP contribution in [0.15, 0.2) is 72.8 Å². The van der Waals surface area contributed by atoms with Crippen LogP contribution in [-0.4, -0.2) is 16.1 Å². The molecule has 30 heavy (non-hydrogen) atoms. The molecule has 4 aromatic rings. The zero-order valence-corrected chi connectivity index (χ0v) is 17.2. The van der Waals surface area contributed by atoms with E-state index in [1.807, 2.05) is 42.5 Å². The van der Waals surface area contributed by atoms with Crippen molar-refractivity contribution in [3.63, 3.8) is 0 Å². The lowest BCUT2D eigenvalue weighted by molar-refractivity contribution is -0.115. The highest BCUT2D eigenvalue weighted by Crippen LogP contribution is 2.47. The maximum atomic E-state index is 12.6. The third-order valence-corrected chi connectivity index (χ3v) is 6.27. The standard InChI is InChI=1S/C25H22ClN3O/c26-21-10-8-16(9-11-21)19-12-20(13-19)23-15-24(29-28-23)27-25(30)14-18-6-3-5-17-4-1-2-7-22(17)18/h1-11,15,19-20H,12-14H2,(H2,27,28,29,30). The van der Waals surface area contributed by atoms with Gasteiger partial charge in [0.05, 0.1) is 6.42 Å². The number of benzene rings is 3. The minimum atomic E-state index is -0.0583. The van der Waals surface area contributed by atoms with Crippen molar-refractivity contribution in [3.8, 4) is 0 Å². The third kappa shape index (κ3) is 3.83. The van der Waals surface area contributed by atoms with E-state index in [1.165, 1.54) is 5.56 Å². The van der Waals surface area contributed by atoms with Crippen molar-refractivity contribution >= 4 is 34.1 Å². The number of hydrogen-bond donors (Lipinski definition) is 2. The van der Waals surface area contributed by atoms with E-state index < -0.39 is 0 Å². The lowest BCUT2D eigenvalue weighted by Gasteiger charge is -2.35. The monoisotopic (exact) mass is 415 g/mol. The van der Waals surface area contributed by atoms with Crippen LogP contribution >= 0.6 is 11.6 Å². The molecule has 3 aromatic carbocycles. The van der Waals surface area contributed by atoms with Crippen LogP contribution in [0.3, 0.4) is 0 Å². The average Bonchev–Trinajstić information content (AvgIpc) is 3.16. The molecule has 1 aliphatic carbocycles. The Balaban J connectivity index is 1.20. The summed E-state index contributed by atoms with van der Waals surface area (Å²) in [5, 5.41) is 13.4. The first-order chi connectivity index (χ1) is 14.7. The molecule has 0 aliphatic heterocycles. The Morgan fingerprint density at radius 1 is 1.00 bits per heavy atom. The molecule has 1 aliphatic rings. The number of aromatic nitrogens is 2. The van der Waals surface area contributed by atoms with Gasteiger partial charge in [0.25, 0.3) is 0 Å². The average molecular weight is 416 g/mol. The Labute approximate surface area is 180 Å². The summed E-state index contributed by atoms with van der Waals surface area (Å²) in [5.41, 5.74) is 3.44. The van der Waals surface area contributed by atoms with Crippen molar-refractivity contribution in [3.05, 3.63) is 94.6 Å². The summed E-state index contributed by atoms with van der Waals surface area (Å²) in [6.07, 6.45) is 2.48. The van der Waals surface area contributed by atoms with E-state index >= 15 is 0 Å². The molecule has 0 radical (unpaired) electrons. The summed E-state index contributed by atoms with van der Waals surface area (Å²) >= 11 is 5.98. The highest BCUT2D eigenvalue weighted by atomic mass is 35.5. The van der Waals surface area contributed by atoms with Crippen LogP contribution < -0.4 is 5.32 Å². The first-order valence-electron chi connectivity index (χ1n) is 10.2. The van der Waals surface area contributed by atoms with Gasteiger partial charge in [-0.1, -0.05) is 66.2 Å². The molecule has 1 fully saturated rings. The molecule has 5 rings (SSSR count). The molecular formula is C25H22ClN3O. The number of aromatic amines is 1. The number of H-pyrrole nitrogens is 1. The Hall–Kier alpha value is -3.11. The molecule has 1 heterocycles. The summed E-state index contributed by atoms with van der Waals surface area (Å²) < 4.78 is 0. The second-order valence-corrected chi connectivity index (χ2v) is 8.42. The molecule has 0 saturated heterocycles. The van der Waals surface area contributed by atoms with E-state index in [-0.39, 0.29) is 5.91 Å².